The molecule has 0 spiro atoms. The molecule has 5 rings (SSSR count). The lowest BCUT2D eigenvalue weighted by atomic mass is 9.79. The molecular weight excluding hydrogens is 523 g/mol. The van der Waals surface area contributed by atoms with E-state index in [1.54, 1.807) is 26.2 Å². The molecule has 1 aliphatic heterocycles. The van der Waals surface area contributed by atoms with E-state index in [9.17, 15) is 4.79 Å². The van der Waals surface area contributed by atoms with E-state index >= 15 is 4.39 Å². The normalized spacial score (nSPS) is 17.0. The van der Waals surface area contributed by atoms with Crippen molar-refractivity contribution in [3.05, 3.63) is 89.2 Å². The summed E-state index contributed by atoms with van der Waals surface area (Å²) in [4.78, 5) is 11.8. The van der Waals surface area contributed by atoms with Gasteiger partial charge in [-0.25, -0.2) is 9.18 Å². The third kappa shape index (κ3) is 6.16. The minimum absolute atomic E-state index is 0.0179. The van der Waals surface area contributed by atoms with Gasteiger partial charge >= 0.3 is 5.97 Å². The molecule has 216 valence electrons. The Kier molecular flexibility index (Phi) is 8.47. The standard InChI is InChI=1S/C34H37FO6/c1-5-39-32(36)20-41-34(21-38-22-34)24-9-11-25(12-10-24)40-19-23-8-14-27(29-18-26(37-4)13-15-31(29)35)28(17-23)30-7-6-16-33(30,2)3/h7-15,17-18H,5-6,16,19-22H2,1-4H3. The molecule has 0 radical (unpaired) electrons. The van der Waals surface area contributed by atoms with Gasteiger partial charge in [0.1, 0.15) is 36.1 Å². The zero-order valence-corrected chi connectivity index (χ0v) is 24.1. The Bertz CT molecular complexity index is 1420. The summed E-state index contributed by atoms with van der Waals surface area (Å²) in [6.45, 7) is 7.53. The van der Waals surface area contributed by atoms with E-state index < -0.39 is 11.6 Å². The second kappa shape index (κ2) is 12.0. The van der Waals surface area contributed by atoms with E-state index in [-0.39, 0.29) is 17.8 Å². The Balaban J connectivity index is 1.35. The topological polar surface area (TPSA) is 63.2 Å². The number of ether oxygens (including phenoxy) is 5. The van der Waals surface area contributed by atoms with E-state index in [0.29, 0.717) is 43.5 Å². The molecule has 0 atom stereocenters. The third-order valence-corrected chi connectivity index (χ3v) is 7.91. The van der Waals surface area contributed by atoms with Gasteiger partial charge in [0, 0.05) is 5.56 Å². The van der Waals surface area contributed by atoms with Gasteiger partial charge in [-0.3, -0.25) is 0 Å². The monoisotopic (exact) mass is 560 g/mol. The van der Waals surface area contributed by atoms with Gasteiger partial charge in [-0.05, 0) is 89.4 Å². The van der Waals surface area contributed by atoms with Gasteiger partial charge in [0.25, 0.3) is 0 Å². The molecule has 0 bridgehead atoms. The van der Waals surface area contributed by atoms with Crippen LogP contribution in [0.3, 0.4) is 0 Å². The predicted octanol–water partition coefficient (Wildman–Crippen LogP) is 7.09. The van der Waals surface area contributed by atoms with E-state index in [2.05, 4.69) is 26.0 Å². The zero-order chi connectivity index (χ0) is 29.0. The van der Waals surface area contributed by atoms with Crippen LogP contribution in [0.4, 0.5) is 4.39 Å². The molecule has 0 aromatic heterocycles. The van der Waals surface area contributed by atoms with Crippen LogP contribution in [0.25, 0.3) is 16.7 Å². The van der Waals surface area contributed by atoms with Crippen molar-refractivity contribution in [2.24, 2.45) is 5.41 Å². The molecular formula is C34H37FO6. The summed E-state index contributed by atoms with van der Waals surface area (Å²) in [5.41, 5.74) is 4.82. The highest BCUT2D eigenvalue weighted by molar-refractivity contribution is 5.85. The van der Waals surface area contributed by atoms with Crippen LogP contribution in [-0.4, -0.2) is 39.5 Å². The number of benzene rings is 3. The Morgan fingerprint density at radius 3 is 2.34 bits per heavy atom. The fourth-order valence-electron chi connectivity index (χ4n) is 5.48. The lowest BCUT2D eigenvalue weighted by Gasteiger charge is -2.41. The zero-order valence-electron chi connectivity index (χ0n) is 24.1. The summed E-state index contributed by atoms with van der Waals surface area (Å²) in [7, 11) is 1.59. The van der Waals surface area contributed by atoms with Crippen LogP contribution in [0.15, 0.2) is 66.7 Å². The lowest BCUT2D eigenvalue weighted by molar-refractivity contribution is -0.221. The molecule has 1 fully saturated rings. The molecule has 1 aliphatic carbocycles. The number of carbonyl (C=O) groups excluding carboxylic acids is 1. The molecule has 0 unspecified atom stereocenters. The molecule has 3 aromatic carbocycles. The number of allylic oxidation sites excluding steroid dienone is 2. The smallest absolute Gasteiger partial charge is 0.332 e. The first kappa shape index (κ1) is 28.8. The molecule has 0 saturated carbocycles. The highest BCUT2D eigenvalue weighted by Gasteiger charge is 2.42. The van der Waals surface area contributed by atoms with Gasteiger partial charge in [-0.1, -0.05) is 44.2 Å². The van der Waals surface area contributed by atoms with Crippen LogP contribution in [0.1, 0.15) is 50.3 Å². The van der Waals surface area contributed by atoms with Crippen molar-refractivity contribution in [1.29, 1.82) is 0 Å². The molecule has 0 N–H and O–H groups in total. The molecule has 41 heavy (non-hydrogen) atoms. The molecule has 1 heterocycles. The first-order valence-corrected chi connectivity index (χ1v) is 14.0. The van der Waals surface area contributed by atoms with Crippen molar-refractivity contribution < 1.29 is 32.9 Å². The number of hydrogen-bond acceptors (Lipinski definition) is 6. The Morgan fingerprint density at radius 2 is 1.71 bits per heavy atom. The number of hydrogen-bond donors (Lipinski definition) is 0. The average Bonchev–Trinajstić information content (AvgIpc) is 3.31. The second-order valence-electron chi connectivity index (χ2n) is 11.2. The molecule has 0 amide bonds. The maximum Gasteiger partial charge on any atom is 0.332 e. The minimum Gasteiger partial charge on any atom is -0.497 e. The fraction of sp³-hybridized carbons (Fsp3) is 0.382. The minimum atomic E-state index is -0.659. The van der Waals surface area contributed by atoms with Gasteiger partial charge in [-0.15, -0.1) is 0 Å². The van der Waals surface area contributed by atoms with Gasteiger partial charge in [-0.2, -0.15) is 0 Å². The fourth-order valence-corrected chi connectivity index (χ4v) is 5.48. The van der Waals surface area contributed by atoms with Crippen molar-refractivity contribution in [3.8, 4) is 22.6 Å². The number of methoxy groups -OCH3 is 1. The first-order valence-electron chi connectivity index (χ1n) is 14.0. The highest BCUT2D eigenvalue weighted by Crippen LogP contribution is 2.47. The molecule has 3 aromatic rings. The molecule has 6 nitrogen and oxygen atoms in total. The summed E-state index contributed by atoms with van der Waals surface area (Å²) in [5.74, 6) is 0.646. The van der Waals surface area contributed by atoms with E-state index in [1.807, 2.05) is 36.4 Å². The van der Waals surface area contributed by atoms with Crippen LogP contribution in [0.2, 0.25) is 0 Å². The van der Waals surface area contributed by atoms with Crippen molar-refractivity contribution in [2.45, 2.75) is 45.8 Å². The van der Waals surface area contributed by atoms with E-state index in [4.69, 9.17) is 23.7 Å². The van der Waals surface area contributed by atoms with Gasteiger partial charge in [0.15, 0.2) is 0 Å². The maximum atomic E-state index is 15.1. The van der Waals surface area contributed by atoms with Crippen LogP contribution in [0, 0.1) is 11.2 Å². The Labute approximate surface area is 241 Å². The van der Waals surface area contributed by atoms with Crippen molar-refractivity contribution in [2.75, 3.05) is 33.5 Å². The molecule has 1 saturated heterocycles. The molecule has 2 aliphatic rings. The second-order valence-corrected chi connectivity index (χ2v) is 11.2. The van der Waals surface area contributed by atoms with Crippen LogP contribution in [-0.2, 0) is 31.2 Å². The lowest BCUT2D eigenvalue weighted by Crippen LogP contribution is -2.49. The SMILES string of the molecule is CCOC(=O)COC1(c2ccc(OCc3ccc(-c4cc(OC)ccc4F)c(C4=CCCC4(C)C)c3)cc2)COC1. The molecule has 7 heteroatoms. The number of rotatable bonds is 11. The summed E-state index contributed by atoms with van der Waals surface area (Å²) in [5, 5.41) is 0. The average molecular weight is 561 g/mol. The van der Waals surface area contributed by atoms with Crippen LogP contribution in [0.5, 0.6) is 11.5 Å². The van der Waals surface area contributed by atoms with Crippen molar-refractivity contribution in [1.82, 2.24) is 0 Å². The van der Waals surface area contributed by atoms with Gasteiger partial charge in [0.2, 0.25) is 0 Å². The van der Waals surface area contributed by atoms with E-state index in [0.717, 1.165) is 35.1 Å². The Morgan fingerprint density at radius 1 is 0.951 bits per heavy atom. The van der Waals surface area contributed by atoms with Crippen molar-refractivity contribution >= 4 is 11.5 Å². The summed E-state index contributed by atoms with van der Waals surface area (Å²) in [6.07, 6.45) is 4.31. The largest absolute Gasteiger partial charge is 0.497 e. The maximum absolute atomic E-state index is 15.1. The first-order chi connectivity index (χ1) is 19.7. The Hall–Kier alpha value is -3.68. The number of esters is 1. The summed E-state index contributed by atoms with van der Waals surface area (Å²) in [6, 6.07) is 18.6. The summed E-state index contributed by atoms with van der Waals surface area (Å²) >= 11 is 0. The van der Waals surface area contributed by atoms with Gasteiger partial charge in [0.05, 0.1) is 26.9 Å². The van der Waals surface area contributed by atoms with Gasteiger partial charge < -0.3 is 23.7 Å². The number of halogens is 1. The van der Waals surface area contributed by atoms with Crippen molar-refractivity contribution in [3.63, 3.8) is 0 Å². The third-order valence-electron chi connectivity index (χ3n) is 7.91. The highest BCUT2D eigenvalue weighted by atomic mass is 19.1. The summed E-state index contributed by atoms with van der Waals surface area (Å²) < 4.78 is 42.9. The van der Waals surface area contributed by atoms with E-state index in [1.165, 1.54) is 11.6 Å². The number of carbonyl (C=O) groups is 1. The predicted molar refractivity (Wildman–Crippen MR) is 155 cm³/mol. The van der Waals surface area contributed by atoms with Crippen LogP contribution < -0.4 is 9.47 Å². The quantitative estimate of drug-likeness (QED) is 0.233. The van der Waals surface area contributed by atoms with Crippen LogP contribution >= 0.6 is 0 Å².